The van der Waals surface area contributed by atoms with Gasteiger partial charge in [0, 0.05) is 23.4 Å². The minimum absolute atomic E-state index is 0.00675. The first kappa shape index (κ1) is 18.4. The fourth-order valence-electron chi connectivity index (χ4n) is 1.97. The molecule has 8 nitrogen and oxygen atoms in total. The number of nitrogens with zero attached hydrogens (tertiary/aromatic N) is 2. The average molecular weight is 407 g/mol. The normalized spacial score (nSPS) is 10.6. The van der Waals surface area contributed by atoms with Crippen LogP contribution in [0.25, 0.3) is 0 Å². The number of amides is 1. The minimum Gasteiger partial charge on any atom is -0.506 e. The summed E-state index contributed by atoms with van der Waals surface area (Å²) in [5.41, 5.74) is 4.02. The number of aryl methyl sites for hydroxylation is 1. The lowest BCUT2D eigenvalue weighted by Gasteiger charge is -2.08. The van der Waals surface area contributed by atoms with Crippen molar-refractivity contribution in [2.45, 2.75) is 6.92 Å². The van der Waals surface area contributed by atoms with Gasteiger partial charge in [0.2, 0.25) is 0 Å². The fraction of sp³-hybridized carbons (Fsp3) is 0.125. The Balaban J connectivity index is 1.97. The molecule has 0 bridgehead atoms. The second-order valence-electron chi connectivity index (χ2n) is 5.08. The lowest BCUT2D eigenvalue weighted by molar-refractivity contribution is -0.385. The smallest absolute Gasteiger partial charge is 0.271 e. The molecular weight excluding hydrogens is 392 g/mol. The molecular formula is C16H15BrN4O4. The van der Waals surface area contributed by atoms with E-state index in [9.17, 15) is 20.0 Å². The molecule has 0 saturated heterocycles. The van der Waals surface area contributed by atoms with Crippen molar-refractivity contribution in [1.82, 2.24) is 5.43 Å². The SMILES string of the molecule is Cc1ccccc1NCC(=O)NN=Cc1cc([N+](=O)[O-])cc(Br)c1O. The van der Waals surface area contributed by atoms with Crippen molar-refractivity contribution in [2.24, 2.45) is 5.10 Å². The molecule has 0 radical (unpaired) electrons. The highest BCUT2D eigenvalue weighted by Gasteiger charge is 2.13. The minimum atomic E-state index is -0.591. The van der Waals surface area contributed by atoms with Crippen molar-refractivity contribution in [3.63, 3.8) is 0 Å². The molecule has 9 heteroatoms. The number of hydrazone groups is 1. The maximum absolute atomic E-state index is 11.8. The maximum atomic E-state index is 11.8. The van der Waals surface area contributed by atoms with Crippen LogP contribution in [0.3, 0.4) is 0 Å². The van der Waals surface area contributed by atoms with Gasteiger partial charge in [-0.2, -0.15) is 5.10 Å². The van der Waals surface area contributed by atoms with E-state index in [4.69, 9.17) is 0 Å². The summed E-state index contributed by atoms with van der Waals surface area (Å²) in [6.07, 6.45) is 1.14. The number of anilines is 1. The molecule has 1 amide bonds. The molecule has 0 aliphatic carbocycles. The molecule has 25 heavy (non-hydrogen) atoms. The lowest BCUT2D eigenvalue weighted by atomic mass is 10.2. The molecule has 0 unspecified atom stereocenters. The quantitative estimate of drug-likeness (QED) is 0.387. The highest BCUT2D eigenvalue weighted by atomic mass is 79.9. The molecule has 0 aliphatic rings. The van der Waals surface area contributed by atoms with Crippen LogP contribution in [0.2, 0.25) is 0 Å². The molecule has 0 atom stereocenters. The molecule has 2 aromatic rings. The van der Waals surface area contributed by atoms with Gasteiger partial charge in [-0.1, -0.05) is 18.2 Å². The van der Waals surface area contributed by atoms with E-state index in [0.29, 0.717) is 0 Å². The van der Waals surface area contributed by atoms with Crippen LogP contribution in [-0.2, 0) is 4.79 Å². The number of hydrogen-bond acceptors (Lipinski definition) is 6. The van der Waals surface area contributed by atoms with Crippen LogP contribution in [0.5, 0.6) is 5.75 Å². The number of nitrogens with one attached hydrogen (secondary N) is 2. The number of carbonyl (C=O) groups excluding carboxylic acids is 1. The third kappa shape index (κ3) is 5.01. The number of nitro benzene ring substituents is 1. The predicted molar refractivity (Wildman–Crippen MR) is 97.9 cm³/mol. The Bertz CT molecular complexity index is 839. The Morgan fingerprint density at radius 2 is 2.12 bits per heavy atom. The molecule has 0 aromatic heterocycles. The van der Waals surface area contributed by atoms with Gasteiger partial charge in [0.1, 0.15) is 5.75 Å². The topological polar surface area (TPSA) is 117 Å². The number of para-hydroxylation sites is 1. The van der Waals surface area contributed by atoms with Crippen LogP contribution >= 0.6 is 15.9 Å². The number of aromatic hydroxyl groups is 1. The van der Waals surface area contributed by atoms with Gasteiger partial charge in [0.05, 0.1) is 22.2 Å². The summed E-state index contributed by atoms with van der Waals surface area (Å²) in [4.78, 5) is 22.0. The highest BCUT2D eigenvalue weighted by Crippen LogP contribution is 2.31. The Hall–Kier alpha value is -2.94. The average Bonchev–Trinajstić information content (AvgIpc) is 2.57. The maximum Gasteiger partial charge on any atom is 0.271 e. The van der Waals surface area contributed by atoms with E-state index < -0.39 is 10.8 Å². The number of rotatable bonds is 6. The second-order valence-corrected chi connectivity index (χ2v) is 5.94. The van der Waals surface area contributed by atoms with Gasteiger partial charge in [-0.15, -0.1) is 0 Å². The second kappa shape index (κ2) is 8.25. The summed E-state index contributed by atoms with van der Waals surface area (Å²) in [5, 5.41) is 27.4. The van der Waals surface area contributed by atoms with Crippen molar-refractivity contribution in [3.8, 4) is 5.75 Å². The van der Waals surface area contributed by atoms with Gasteiger partial charge in [-0.25, -0.2) is 5.43 Å². The van der Waals surface area contributed by atoms with E-state index in [1.807, 2.05) is 31.2 Å². The van der Waals surface area contributed by atoms with Crippen molar-refractivity contribution in [1.29, 1.82) is 0 Å². The molecule has 2 rings (SSSR count). The zero-order valence-electron chi connectivity index (χ0n) is 13.2. The van der Waals surface area contributed by atoms with Crippen molar-refractivity contribution < 1.29 is 14.8 Å². The Labute approximate surface area is 151 Å². The zero-order chi connectivity index (χ0) is 18.4. The molecule has 0 aliphatic heterocycles. The van der Waals surface area contributed by atoms with E-state index in [0.717, 1.165) is 23.5 Å². The number of phenols is 1. The summed E-state index contributed by atoms with van der Waals surface area (Å²) in [7, 11) is 0. The number of non-ortho nitro benzene ring substituents is 1. The first-order valence-electron chi connectivity index (χ1n) is 7.17. The predicted octanol–water partition coefficient (Wildman–Crippen LogP) is 2.93. The third-order valence-corrected chi connectivity index (χ3v) is 3.87. The van der Waals surface area contributed by atoms with E-state index >= 15 is 0 Å². The zero-order valence-corrected chi connectivity index (χ0v) is 14.8. The van der Waals surface area contributed by atoms with E-state index in [1.165, 1.54) is 6.07 Å². The lowest BCUT2D eigenvalue weighted by Crippen LogP contribution is -2.26. The summed E-state index contributed by atoms with van der Waals surface area (Å²) in [6, 6.07) is 9.85. The van der Waals surface area contributed by atoms with Gasteiger partial charge in [-0.05, 0) is 34.5 Å². The summed E-state index contributed by atoms with van der Waals surface area (Å²) < 4.78 is 0.163. The molecule has 3 N–H and O–H groups in total. The van der Waals surface area contributed by atoms with Crippen molar-refractivity contribution in [2.75, 3.05) is 11.9 Å². The van der Waals surface area contributed by atoms with Gasteiger partial charge in [0.25, 0.3) is 11.6 Å². The van der Waals surface area contributed by atoms with Crippen LogP contribution in [-0.4, -0.2) is 28.7 Å². The van der Waals surface area contributed by atoms with E-state index in [1.54, 1.807) is 0 Å². The van der Waals surface area contributed by atoms with E-state index in [-0.39, 0.29) is 28.0 Å². The van der Waals surface area contributed by atoms with Crippen LogP contribution in [0.4, 0.5) is 11.4 Å². The number of nitro groups is 1. The highest BCUT2D eigenvalue weighted by molar-refractivity contribution is 9.10. The number of halogens is 1. The number of carbonyl (C=O) groups is 1. The summed E-state index contributed by atoms with van der Waals surface area (Å²) >= 11 is 3.03. The summed E-state index contributed by atoms with van der Waals surface area (Å²) in [5.74, 6) is -0.606. The van der Waals surface area contributed by atoms with Crippen LogP contribution in [0.15, 0.2) is 46.0 Å². The molecule has 0 heterocycles. The monoisotopic (exact) mass is 406 g/mol. The molecule has 2 aromatic carbocycles. The number of hydrogen-bond donors (Lipinski definition) is 3. The van der Waals surface area contributed by atoms with Crippen LogP contribution in [0.1, 0.15) is 11.1 Å². The standard InChI is InChI=1S/C16H15BrN4O4/c1-10-4-2-3-5-14(10)18-9-15(22)20-19-8-11-6-12(21(24)25)7-13(17)16(11)23/h2-8,18,23H,9H2,1H3,(H,20,22). The molecule has 0 saturated carbocycles. The van der Waals surface area contributed by atoms with Gasteiger partial charge in [0.15, 0.2) is 0 Å². The first-order valence-corrected chi connectivity index (χ1v) is 7.96. The summed E-state index contributed by atoms with van der Waals surface area (Å²) in [6.45, 7) is 1.92. The van der Waals surface area contributed by atoms with Gasteiger partial charge in [-0.3, -0.25) is 14.9 Å². The Morgan fingerprint density at radius 1 is 1.40 bits per heavy atom. The third-order valence-electron chi connectivity index (χ3n) is 3.27. The van der Waals surface area contributed by atoms with Crippen molar-refractivity contribution in [3.05, 3.63) is 62.1 Å². The Kier molecular flexibility index (Phi) is 6.07. The van der Waals surface area contributed by atoms with Crippen molar-refractivity contribution >= 4 is 39.4 Å². The number of phenolic OH excluding ortho intramolecular Hbond substituents is 1. The Morgan fingerprint density at radius 3 is 2.80 bits per heavy atom. The van der Waals surface area contributed by atoms with Gasteiger partial charge >= 0.3 is 0 Å². The molecule has 0 fully saturated rings. The number of benzene rings is 2. The first-order chi connectivity index (χ1) is 11.9. The van der Waals surface area contributed by atoms with Gasteiger partial charge < -0.3 is 10.4 Å². The van der Waals surface area contributed by atoms with Crippen LogP contribution < -0.4 is 10.7 Å². The fourth-order valence-corrected chi connectivity index (χ4v) is 2.43. The van der Waals surface area contributed by atoms with E-state index in [2.05, 4.69) is 31.8 Å². The van der Waals surface area contributed by atoms with Crippen LogP contribution in [0, 0.1) is 17.0 Å². The largest absolute Gasteiger partial charge is 0.506 e. The molecule has 130 valence electrons. The molecule has 0 spiro atoms.